The summed E-state index contributed by atoms with van der Waals surface area (Å²) in [6, 6.07) is 1.74. The maximum Gasteiger partial charge on any atom is 0.259 e. The SMILES string of the molecule is CCc1nnc(C)cc1C(=O)Nc1ncc(Br)s1. The second kappa shape index (κ2) is 5.53. The highest BCUT2D eigenvalue weighted by molar-refractivity contribution is 9.11. The molecule has 7 heteroatoms. The minimum absolute atomic E-state index is 0.202. The van der Waals surface area contributed by atoms with Crippen LogP contribution in [0.15, 0.2) is 16.0 Å². The summed E-state index contributed by atoms with van der Waals surface area (Å²) in [6.07, 6.45) is 2.31. The number of nitrogens with zero attached hydrogens (tertiary/aromatic N) is 3. The summed E-state index contributed by atoms with van der Waals surface area (Å²) in [4.78, 5) is 16.2. The molecule has 1 N–H and O–H groups in total. The van der Waals surface area contributed by atoms with Gasteiger partial charge in [-0.1, -0.05) is 18.3 Å². The maximum absolute atomic E-state index is 12.1. The number of halogens is 1. The third-order valence-corrected chi connectivity index (χ3v) is 3.66. The molecule has 0 spiro atoms. The fourth-order valence-corrected chi connectivity index (χ4v) is 2.55. The number of carbonyl (C=O) groups is 1. The largest absolute Gasteiger partial charge is 0.298 e. The van der Waals surface area contributed by atoms with Crippen molar-refractivity contribution in [3.05, 3.63) is 33.0 Å². The summed E-state index contributed by atoms with van der Waals surface area (Å²) >= 11 is 4.67. The monoisotopic (exact) mass is 326 g/mol. The van der Waals surface area contributed by atoms with Crippen LogP contribution in [0.3, 0.4) is 0 Å². The molecule has 2 aromatic heterocycles. The van der Waals surface area contributed by atoms with Gasteiger partial charge >= 0.3 is 0 Å². The van der Waals surface area contributed by atoms with Crippen LogP contribution >= 0.6 is 27.3 Å². The van der Waals surface area contributed by atoms with E-state index in [0.717, 1.165) is 9.48 Å². The van der Waals surface area contributed by atoms with Gasteiger partial charge < -0.3 is 0 Å². The van der Waals surface area contributed by atoms with Crippen molar-refractivity contribution in [1.82, 2.24) is 15.2 Å². The number of hydrogen-bond donors (Lipinski definition) is 1. The van der Waals surface area contributed by atoms with Gasteiger partial charge in [0.2, 0.25) is 0 Å². The number of carbonyl (C=O) groups excluding carboxylic acids is 1. The van der Waals surface area contributed by atoms with E-state index in [9.17, 15) is 4.79 Å². The number of amides is 1. The van der Waals surface area contributed by atoms with Crippen LogP contribution in [-0.2, 0) is 6.42 Å². The standard InChI is InChI=1S/C11H11BrN4OS/c1-3-8-7(4-6(2)15-16-8)10(17)14-11-13-5-9(12)18-11/h4-5H,3H2,1-2H3,(H,13,14,17). The first-order valence-corrected chi connectivity index (χ1v) is 6.97. The molecule has 94 valence electrons. The summed E-state index contributed by atoms with van der Waals surface area (Å²) in [7, 11) is 0. The van der Waals surface area contributed by atoms with E-state index in [4.69, 9.17) is 0 Å². The van der Waals surface area contributed by atoms with Crippen LogP contribution in [0, 0.1) is 6.92 Å². The normalized spacial score (nSPS) is 10.4. The van der Waals surface area contributed by atoms with Gasteiger partial charge in [-0.25, -0.2) is 4.98 Å². The predicted molar refractivity (Wildman–Crippen MR) is 73.9 cm³/mol. The van der Waals surface area contributed by atoms with Gasteiger partial charge in [0.1, 0.15) is 0 Å². The Morgan fingerprint density at radius 1 is 1.50 bits per heavy atom. The zero-order valence-electron chi connectivity index (χ0n) is 9.90. The van der Waals surface area contributed by atoms with Crippen LogP contribution in [-0.4, -0.2) is 21.1 Å². The average molecular weight is 327 g/mol. The van der Waals surface area contributed by atoms with E-state index in [2.05, 4.69) is 36.4 Å². The van der Waals surface area contributed by atoms with E-state index < -0.39 is 0 Å². The molecule has 2 heterocycles. The highest BCUT2D eigenvalue weighted by atomic mass is 79.9. The molecular formula is C11H11BrN4OS. The van der Waals surface area contributed by atoms with E-state index in [-0.39, 0.29) is 5.91 Å². The number of anilines is 1. The zero-order chi connectivity index (χ0) is 13.1. The van der Waals surface area contributed by atoms with Gasteiger partial charge in [0.05, 0.1) is 26.9 Å². The Morgan fingerprint density at radius 3 is 2.89 bits per heavy atom. The molecule has 1 amide bonds. The summed E-state index contributed by atoms with van der Waals surface area (Å²) in [5.74, 6) is -0.202. The first-order chi connectivity index (χ1) is 8.60. The van der Waals surface area contributed by atoms with E-state index in [1.165, 1.54) is 11.3 Å². The number of thiazole rings is 1. The van der Waals surface area contributed by atoms with Crippen molar-refractivity contribution < 1.29 is 4.79 Å². The van der Waals surface area contributed by atoms with Crippen molar-refractivity contribution in [2.75, 3.05) is 5.32 Å². The summed E-state index contributed by atoms with van der Waals surface area (Å²) in [6.45, 7) is 3.75. The highest BCUT2D eigenvalue weighted by Crippen LogP contribution is 2.23. The molecule has 0 fully saturated rings. The van der Waals surface area contributed by atoms with E-state index in [1.54, 1.807) is 12.3 Å². The Morgan fingerprint density at radius 2 is 2.28 bits per heavy atom. The number of aryl methyl sites for hydroxylation is 2. The van der Waals surface area contributed by atoms with Gasteiger partial charge in [-0.05, 0) is 35.3 Å². The summed E-state index contributed by atoms with van der Waals surface area (Å²) < 4.78 is 0.873. The lowest BCUT2D eigenvalue weighted by Gasteiger charge is -2.06. The molecule has 2 rings (SSSR count). The molecule has 0 bridgehead atoms. The van der Waals surface area contributed by atoms with Gasteiger partial charge in [-0.3, -0.25) is 10.1 Å². The Labute approximate surface area is 117 Å². The molecular weight excluding hydrogens is 316 g/mol. The summed E-state index contributed by atoms with van der Waals surface area (Å²) in [5.41, 5.74) is 1.96. The second-order valence-corrected chi connectivity index (χ2v) is 6.03. The smallest absolute Gasteiger partial charge is 0.259 e. The van der Waals surface area contributed by atoms with Crippen molar-refractivity contribution in [1.29, 1.82) is 0 Å². The number of nitrogens with one attached hydrogen (secondary N) is 1. The average Bonchev–Trinajstić information content (AvgIpc) is 2.74. The molecule has 5 nitrogen and oxygen atoms in total. The Hall–Kier alpha value is -1.34. The lowest BCUT2D eigenvalue weighted by Crippen LogP contribution is -2.16. The van der Waals surface area contributed by atoms with Crippen LogP contribution in [0.25, 0.3) is 0 Å². The van der Waals surface area contributed by atoms with Crippen molar-refractivity contribution in [3.8, 4) is 0 Å². The van der Waals surface area contributed by atoms with Gasteiger partial charge in [0, 0.05) is 0 Å². The molecule has 0 aromatic carbocycles. The van der Waals surface area contributed by atoms with Crippen LogP contribution < -0.4 is 5.32 Å². The third-order valence-electron chi connectivity index (χ3n) is 2.27. The molecule has 0 saturated heterocycles. The minimum atomic E-state index is -0.202. The maximum atomic E-state index is 12.1. The number of rotatable bonds is 3. The highest BCUT2D eigenvalue weighted by Gasteiger charge is 2.14. The fraction of sp³-hybridized carbons (Fsp3) is 0.273. The zero-order valence-corrected chi connectivity index (χ0v) is 12.3. The molecule has 0 atom stereocenters. The lowest BCUT2D eigenvalue weighted by atomic mass is 10.1. The Balaban J connectivity index is 2.25. The topological polar surface area (TPSA) is 67.8 Å². The fourth-order valence-electron chi connectivity index (χ4n) is 1.45. The van der Waals surface area contributed by atoms with Gasteiger partial charge in [0.25, 0.3) is 5.91 Å². The molecule has 0 radical (unpaired) electrons. The molecule has 0 aliphatic heterocycles. The van der Waals surface area contributed by atoms with Crippen molar-refractivity contribution in [2.24, 2.45) is 0 Å². The first-order valence-electron chi connectivity index (χ1n) is 5.36. The van der Waals surface area contributed by atoms with Gasteiger partial charge in [0.15, 0.2) is 5.13 Å². The van der Waals surface area contributed by atoms with Crippen molar-refractivity contribution >= 4 is 38.3 Å². The third kappa shape index (κ3) is 2.91. The van der Waals surface area contributed by atoms with Crippen LogP contribution in [0.5, 0.6) is 0 Å². The molecule has 18 heavy (non-hydrogen) atoms. The summed E-state index contributed by atoms with van der Waals surface area (Å²) in [5, 5.41) is 11.3. The minimum Gasteiger partial charge on any atom is -0.298 e. The molecule has 0 unspecified atom stereocenters. The molecule has 0 aliphatic carbocycles. The Bertz CT molecular complexity index is 584. The number of hydrogen-bond acceptors (Lipinski definition) is 5. The lowest BCUT2D eigenvalue weighted by molar-refractivity contribution is 0.102. The van der Waals surface area contributed by atoms with E-state index in [0.29, 0.717) is 22.8 Å². The van der Waals surface area contributed by atoms with Gasteiger partial charge in [-0.15, -0.1) is 0 Å². The number of aromatic nitrogens is 3. The van der Waals surface area contributed by atoms with Crippen LogP contribution in [0.2, 0.25) is 0 Å². The van der Waals surface area contributed by atoms with Crippen molar-refractivity contribution in [3.63, 3.8) is 0 Å². The first kappa shape index (κ1) is 13.1. The van der Waals surface area contributed by atoms with E-state index in [1.807, 2.05) is 13.8 Å². The molecule has 2 aromatic rings. The van der Waals surface area contributed by atoms with Crippen LogP contribution in [0.1, 0.15) is 28.7 Å². The van der Waals surface area contributed by atoms with Crippen LogP contribution in [0.4, 0.5) is 5.13 Å². The quantitative estimate of drug-likeness (QED) is 0.941. The van der Waals surface area contributed by atoms with E-state index >= 15 is 0 Å². The molecule has 0 aliphatic rings. The molecule has 0 saturated carbocycles. The predicted octanol–water partition coefficient (Wildman–Crippen LogP) is 2.82. The van der Waals surface area contributed by atoms with Gasteiger partial charge in [-0.2, -0.15) is 10.2 Å². The Kier molecular flexibility index (Phi) is 4.03. The van der Waals surface area contributed by atoms with Crippen molar-refractivity contribution in [2.45, 2.75) is 20.3 Å². The second-order valence-electron chi connectivity index (χ2n) is 3.62.